The van der Waals surface area contributed by atoms with Crippen LogP contribution in [0, 0.1) is 5.82 Å². The average molecular weight is 185 g/mol. The second-order valence-electron chi connectivity index (χ2n) is 2.41. The highest BCUT2D eigenvalue weighted by atomic mass is 19.1. The van der Waals surface area contributed by atoms with E-state index in [-0.39, 0.29) is 5.75 Å². The molecule has 0 spiro atoms. The second-order valence-corrected chi connectivity index (χ2v) is 2.41. The number of hydrogen-bond donors (Lipinski definition) is 1. The molecule has 1 rings (SSSR count). The van der Waals surface area contributed by atoms with Gasteiger partial charge in [-0.1, -0.05) is 6.07 Å². The third-order valence-corrected chi connectivity index (χ3v) is 1.51. The molecule has 0 radical (unpaired) electrons. The van der Waals surface area contributed by atoms with Crippen molar-refractivity contribution in [1.29, 1.82) is 0 Å². The van der Waals surface area contributed by atoms with E-state index in [1.807, 2.05) is 0 Å². The SMILES string of the molecule is COc1c(F)cccc1OCCN. The van der Waals surface area contributed by atoms with Crippen molar-refractivity contribution in [1.82, 2.24) is 0 Å². The topological polar surface area (TPSA) is 44.5 Å². The Morgan fingerprint density at radius 3 is 2.85 bits per heavy atom. The molecule has 0 unspecified atom stereocenters. The highest BCUT2D eigenvalue weighted by Crippen LogP contribution is 2.29. The van der Waals surface area contributed by atoms with Crippen molar-refractivity contribution in [3.63, 3.8) is 0 Å². The molecule has 0 bridgehead atoms. The van der Waals surface area contributed by atoms with Crippen LogP contribution in [0.25, 0.3) is 0 Å². The molecule has 1 aromatic rings. The Kier molecular flexibility index (Phi) is 3.52. The third kappa shape index (κ3) is 2.32. The number of halogens is 1. The zero-order chi connectivity index (χ0) is 9.68. The molecule has 0 saturated carbocycles. The van der Waals surface area contributed by atoms with Gasteiger partial charge >= 0.3 is 0 Å². The van der Waals surface area contributed by atoms with E-state index in [0.29, 0.717) is 18.9 Å². The fourth-order valence-corrected chi connectivity index (χ4v) is 0.970. The highest BCUT2D eigenvalue weighted by Gasteiger charge is 2.08. The summed E-state index contributed by atoms with van der Waals surface area (Å²) in [6.45, 7) is 0.736. The number of methoxy groups -OCH3 is 1. The van der Waals surface area contributed by atoms with Gasteiger partial charge in [0.05, 0.1) is 7.11 Å². The fraction of sp³-hybridized carbons (Fsp3) is 0.333. The van der Waals surface area contributed by atoms with Gasteiger partial charge in [-0.3, -0.25) is 0 Å². The minimum atomic E-state index is -0.433. The van der Waals surface area contributed by atoms with E-state index in [9.17, 15) is 4.39 Å². The highest BCUT2D eigenvalue weighted by molar-refractivity contribution is 5.40. The van der Waals surface area contributed by atoms with Crippen LogP contribution >= 0.6 is 0 Å². The Bertz CT molecular complexity index is 278. The number of hydrogen-bond acceptors (Lipinski definition) is 3. The largest absolute Gasteiger partial charge is 0.490 e. The van der Waals surface area contributed by atoms with Crippen molar-refractivity contribution in [3.05, 3.63) is 24.0 Å². The van der Waals surface area contributed by atoms with E-state index in [1.165, 1.54) is 13.2 Å². The molecule has 0 fully saturated rings. The number of para-hydroxylation sites is 1. The van der Waals surface area contributed by atoms with E-state index < -0.39 is 5.82 Å². The van der Waals surface area contributed by atoms with Crippen molar-refractivity contribution >= 4 is 0 Å². The molecule has 0 aliphatic rings. The summed E-state index contributed by atoms with van der Waals surface area (Å²) in [5.41, 5.74) is 5.25. The van der Waals surface area contributed by atoms with Crippen LogP contribution in [0.2, 0.25) is 0 Å². The molecule has 13 heavy (non-hydrogen) atoms. The normalized spacial score (nSPS) is 9.77. The van der Waals surface area contributed by atoms with E-state index in [0.717, 1.165) is 0 Å². The summed E-state index contributed by atoms with van der Waals surface area (Å²) < 4.78 is 23.0. The van der Waals surface area contributed by atoms with Crippen molar-refractivity contribution in [2.75, 3.05) is 20.3 Å². The third-order valence-electron chi connectivity index (χ3n) is 1.51. The minimum absolute atomic E-state index is 0.121. The lowest BCUT2D eigenvalue weighted by Crippen LogP contribution is -2.11. The van der Waals surface area contributed by atoms with E-state index in [1.54, 1.807) is 12.1 Å². The molecule has 0 atom stereocenters. The molecule has 3 nitrogen and oxygen atoms in total. The summed E-state index contributed by atoms with van der Waals surface area (Å²) in [7, 11) is 1.40. The van der Waals surface area contributed by atoms with Crippen molar-refractivity contribution < 1.29 is 13.9 Å². The first-order valence-electron chi connectivity index (χ1n) is 3.95. The predicted octanol–water partition coefficient (Wildman–Crippen LogP) is 1.17. The second kappa shape index (κ2) is 4.67. The lowest BCUT2D eigenvalue weighted by atomic mass is 10.3. The number of rotatable bonds is 4. The van der Waals surface area contributed by atoms with E-state index in [2.05, 4.69) is 0 Å². The molecule has 1 aromatic carbocycles. The fourth-order valence-electron chi connectivity index (χ4n) is 0.970. The van der Waals surface area contributed by atoms with Gasteiger partial charge in [-0.25, -0.2) is 4.39 Å². The van der Waals surface area contributed by atoms with Crippen LogP contribution in [0.5, 0.6) is 11.5 Å². The molecule has 4 heteroatoms. The minimum Gasteiger partial charge on any atom is -0.490 e. The zero-order valence-electron chi connectivity index (χ0n) is 7.42. The zero-order valence-corrected chi connectivity index (χ0v) is 7.42. The molecule has 0 saturated heterocycles. The van der Waals surface area contributed by atoms with E-state index in [4.69, 9.17) is 15.2 Å². The van der Waals surface area contributed by atoms with Crippen LogP contribution in [0.4, 0.5) is 4.39 Å². The van der Waals surface area contributed by atoms with Gasteiger partial charge < -0.3 is 15.2 Å². The lowest BCUT2D eigenvalue weighted by Gasteiger charge is -2.09. The first-order chi connectivity index (χ1) is 6.29. The van der Waals surface area contributed by atoms with Crippen LogP contribution in [0.1, 0.15) is 0 Å². The first kappa shape index (κ1) is 9.80. The van der Waals surface area contributed by atoms with Gasteiger partial charge in [-0.2, -0.15) is 0 Å². The Morgan fingerprint density at radius 1 is 1.46 bits per heavy atom. The monoisotopic (exact) mass is 185 g/mol. The summed E-state index contributed by atoms with van der Waals surface area (Å²) in [6, 6.07) is 4.51. The standard InChI is InChI=1S/C9H12FNO2/c1-12-9-7(10)3-2-4-8(9)13-6-5-11/h2-4H,5-6,11H2,1H3. The molecule has 2 N–H and O–H groups in total. The number of benzene rings is 1. The maximum atomic E-state index is 13.0. The number of ether oxygens (including phenoxy) is 2. The molecular weight excluding hydrogens is 173 g/mol. The Labute approximate surface area is 76.3 Å². The summed E-state index contributed by atoms with van der Waals surface area (Å²) in [5, 5.41) is 0. The van der Waals surface area contributed by atoms with Gasteiger partial charge in [0.15, 0.2) is 17.3 Å². The molecule has 72 valence electrons. The van der Waals surface area contributed by atoms with E-state index >= 15 is 0 Å². The van der Waals surface area contributed by atoms with Crippen LogP contribution in [0.15, 0.2) is 18.2 Å². The van der Waals surface area contributed by atoms with Crippen LogP contribution in [-0.4, -0.2) is 20.3 Å². The maximum Gasteiger partial charge on any atom is 0.196 e. The summed E-state index contributed by atoms with van der Waals surface area (Å²) >= 11 is 0. The van der Waals surface area contributed by atoms with Crippen molar-refractivity contribution in [2.45, 2.75) is 0 Å². The first-order valence-corrected chi connectivity index (χ1v) is 3.95. The van der Waals surface area contributed by atoms with Gasteiger partial charge in [0.1, 0.15) is 6.61 Å². The lowest BCUT2D eigenvalue weighted by molar-refractivity contribution is 0.294. The van der Waals surface area contributed by atoms with Gasteiger partial charge in [0.25, 0.3) is 0 Å². The van der Waals surface area contributed by atoms with Gasteiger partial charge in [-0.15, -0.1) is 0 Å². The average Bonchev–Trinajstić information content (AvgIpc) is 2.15. The molecule has 0 aromatic heterocycles. The Balaban J connectivity index is 2.85. The van der Waals surface area contributed by atoms with Crippen LogP contribution in [0.3, 0.4) is 0 Å². The Hall–Kier alpha value is -1.29. The van der Waals surface area contributed by atoms with Crippen molar-refractivity contribution in [3.8, 4) is 11.5 Å². The molecular formula is C9H12FNO2. The molecule has 0 heterocycles. The molecule has 0 aliphatic heterocycles. The number of nitrogens with two attached hydrogens (primary N) is 1. The predicted molar refractivity (Wildman–Crippen MR) is 47.5 cm³/mol. The summed E-state index contributed by atoms with van der Waals surface area (Å²) in [5.74, 6) is 0.0703. The summed E-state index contributed by atoms with van der Waals surface area (Å²) in [6.07, 6.45) is 0. The quantitative estimate of drug-likeness (QED) is 0.765. The maximum absolute atomic E-state index is 13.0. The van der Waals surface area contributed by atoms with Crippen LogP contribution in [-0.2, 0) is 0 Å². The van der Waals surface area contributed by atoms with Crippen molar-refractivity contribution in [2.24, 2.45) is 5.73 Å². The smallest absolute Gasteiger partial charge is 0.196 e. The molecule has 0 amide bonds. The summed E-state index contributed by atoms with van der Waals surface area (Å²) in [4.78, 5) is 0. The molecule has 0 aliphatic carbocycles. The Morgan fingerprint density at radius 2 is 2.23 bits per heavy atom. The van der Waals surface area contributed by atoms with Gasteiger partial charge in [0.2, 0.25) is 0 Å². The van der Waals surface area contributed by atoms with Gasteiger partial charge in [-0.05, 0) is 12.1 Å². The van der Waals surface area contributed by atoms with Crippen LogP contribution < -0.4 is 15.2 Å². The van der Waals surface area contributed by atoms with Gasteiger partial charge in [0, 0.05) is 6.54 Å².